The third-order valence-electron chi connectivity index (χ3n) is 2.81. The van der Waals surface area contributed by atoms with E-state index in [-0.39, 0.29) is 5.91 Å². The minimum Gasteiger partial charge on any atom is -0.355 e. The smallest absolute Gasteiger partial charge is 0.220 e. The molecule has 0 spiro atoms. The molecule has 0 aliphatic carbocycles. The number of hydrogen-bond acceptors (Lipinski definition) is 2. The molecule has 0 aliphatic rings. The molecule has 1 unspecified atom stereocenters. The highest BCUT2D eigenvalue weighted by molar-refractivity contribution is 5.75. The number of nitrogens with two attached hydrogens (primary N) is 1. The maximum absolute atomic E-state index is 11.3. The number of hydrogen-bond donors (Lipinski definition) is 2. The second-order valence-corrected chi connectivity index (χ2v) is 5.11. The van der Waals surface area contributed by atoms with Gasteiger partial charge in [-0.2, -0.15) is 0 Å². The van der Waals surface area contributed by atoms with Crippen LogP contribution in [0.4, 0.5) is 0 Å². The van der Waals surface area contributed by atoms with E-state index in [1.165, 1.54) is 19.3 Å². The molecule has 3 N–H and O–H groups in total. The van der Waals surface area contributed by atoms with E-state index in [2.05, 4.69) is 26.1 Å². The molecule has 0 saturated carbocycles. The summed E-state index contributed by atoms with van der Waals surface area (Å²) in [5.74, 6) is 1.59. The largest absolute Gasteiger partial charge is 0.355 e. The summed E-state index contributed by atoms with van der Waals surface area (Å²) in [5.41, 5.74) is 5.31. The maximum atomic E-state index is 11.3. The highest BCUT2D eigenvalue weighted by Crippen LogP contribution is 2.16. The van der Waals surface area contributed by atoms with Crippen LogP contribution in [0.15, 0.2) is 0 Å². The van der Waals surface area contributed by atoms with Gasteiger partial charge in [-0.15, -0.1) is 0 Å². The van der Waals surface area contributed by atoms with Crippen molar-refractivity contribution in [3.05, 3.63) is 0 Å². The Bertz CT molecular complexity index is 181. The van der Waals surface area contributed by atoms with Crippen LogP contribution in [0.5, 0.6) is 0 Å². The fourth-order valence-corrected chi connectivity index (χ4v) is 1.70. The Balaban J connectivity index is 3.42. The van der Waals surface area contributed by atoms with Crippen molar-refractivity contribution in [2.75, 3.05) is 13.1 Å². The second kappa shape index (κ2) is 9.64. The Kier molecular flexibility index (Phi) is 9.30. The Morgan fingerprint density at radius 3 is 2.44 bits per heavy atom. The fourth-order valence-electron chi connectivity index (χ4n) is 1.70. The third-order valence-corrected chi connectivity index (χ3v) is 2.81. The molecule has 0 bridgehead atoms. The lowest BCUT2D eigenvalue weighted by Gasteiger charge is -2.12. The number of carbonyl (C=O) groups is 1. The zero-order valence-electron chi connectivity index (χ0n) is 11.1. The number of amides is 1. The van der Waals surface area contributed by atoms with Crippen LogP contribution in [0.2, 0.25) is 0 Å². The zero-order valence-corrected chi connectivity index (χ0v) is 11.1. The SMILES string of the molecule is CC(C)CCCC(C)CCC(=O)NCCN. The first-order chi connectivity index (χ1) is 7.56. The van der Waals surface area contributed by atoms with Gasteiger partial charge >= 0.3 is 0 Å². The van der Waals surface area contributed by atoms with Crippen LogP contribution in [0, 0.1) is 11.8 Å². The molecule has 3 nitrogen and oxygen atoms in total. The lowest BCUT2D eigenvalue weighted by atomic mass is 9.96. The minimum atomic E-state index is 0.140. The van der Waals surface area contributed by atoms with E-state index in [9.17, 15) is 4.79 Å². The first kappa shape index (κ1) is 15.4. The van der Waals surface area contributed by atoms with Crippen molar-refractivity contribution in [3.63, 3.8) is 0 Å². The predicted molar refractivity (Wildman–Crippen MR) is 69.2 cm³/mol. The molecule has 16 heavy (non-hydrogen) atoms. The number of nitrogens with one attached hydrogen (secondary N) is 1. The first-order valence-corrected chi connectivity index (χ1v) is 6.53. The van der Waals surface area contributed by atoms with E-state index >= 15 is 0 Å². The van der Waals surface area contributed by atoms with Crippen LogP contribution < -0.4 is 11.1 Å². The lowest BCUT2D eigenvalue weighted by Crippen LogP contribution is -2.29. The van der Waals surface area contributed by atoms with Crippen molar-refractivity contribution < 1.29 is 4.79 Å². The monoisotopic (exact) mass is 228 g/mol. The van der Waals surface area contributed by atoms with Crippen LogP contribution in [0.1, 0.15) is 52.9 Å². The molecule has 1 atom stereocenters. The van der Waals surface area contributed by atoms with E-state index < -0.39 is 0 Å². The standard InChI is InChI=1S/C13H28N2O/c1-11(2)5-4-6-12(3)7-8-13(16)15-10-9-14/h11-12H,4-10,14H2,1-3H3,(H,15,16). The van der Waals surface area contributed by atoms with Gasteiger partial charge in [0.1, 0.15) is 0 Å². The van der Waals surface area contributed by atoms with Gasteiger partial charge in [0.25, 0.3) is 0 Å². The van der Waals surface area contributed by atoms with Crippen LogP contribution in [-0.4, -0.2) is 19.0 Å². The van der Waals surface area contributed by atoms with Crippen molar-refractivity contribution >= 4 is 5.91 Å². The van der Waals surface area contributed by atoms with E-state index in [1.54, 1.807) is 0 Å². The minimum absolute atomic E-state index is 0.140. The third kappa shape index (κ3) is 9.97. The second-order valence-electron chi connectivity index (χ2n) is 5.11. The molecular formula is C13H28N2O. The summed E-state index contributed by atoms with van der Waals surface area (Å²) in [6.07, 6.45) is 5.45. The van der Waals surface area contributed by atoms with Gasteiger partial charge in [0.05, 0.1) is 0 Å². The Labute approximate surface area is 100 Å². The van der Waals surface area contributed by atoms with Crippen molar-refractivity contribution in [2.24, 2.45) is 17.6 Å². The topological polar surface area (TPSA) is 55.1 Å². The molecule has 0 aromatic rings. The van der Waals surface area contributed by atoms with Gasteiger partial charge in [0.15, 0.2) is 0 Å². The molecule has 96 valence electrons. The van der Waals surface area contributed by atoms with Crippen molar-refractivity contribution in [2.45, 2.75) is 52.9 Å². The molecule has 0 heterocycles. The van der Waals surface area contributed by atoms with Gasteiger partial charge in [-0.3, -0.25) is 4.79 Å². The highest BCUT2D eigenvalue weighted by Gasteiger charge is 2.06. The summed E-state index contributed by atoms with van der Waals surface area (Å²) in [6.45, 7) is 7.86. The van der Waals surface area contributed by atoms with Crippen molar-refractivity contribution in [1.29, 1.82) is 0 Å². The summed E-state index contributed by atoms with van der Waals surface area (Å²) < 4.78 is 0. The van der Waals surface area contributed by atoms with Gasteiger partial charge in [0.2, 0.25) is 5.91 Å². The molecule has 0 rings (SSSR count). The number of carbonyl (C=O) groups excluding carboxylic acids is 1. The maximum Gasteiger partial charge on any atom is 0.220 e. The van der Waals surface area contributed by atoms with Gasteiger partial charge in [-0.1, -0.05) is 40.0 Å². The average molecular weight is 228 g/mol. The van der Waals surface area contributed by atoms with Crippen LogP contribution in [0.25, 0.3) is 0 Å². The fraction of sp³-hybridized carbons (Fsp3) is 0.923. The summed E-state index contributed by atoms with van der Waals surface area (Å²) in [7, 11) is 0. The molecular weight excluding hydrogens is 200 g/mol. The summed E-state index contributed by atoms with van der Waals surface area (Å²) in [5, 5.41) is 2.80. The Hall–Kier alpha value is -0.570. The summed E-state index contributed by atoms with van der Waals surface area (Å²) in [6, 6.07) is 0. The number of rotatable bonds is 9. The van der Waals surface area contributed by atoms with Crippen LogP contribution in [-0.2, 0) is 4.79 Å². The Morgan fingerprint density at radius 2 is 1.88 bits per heavy atom. The van der Waals surface area contributed by atoms with E-state index in [0.29, 0.717) is 25.4 Å². The average Bonchev–Trinajstić information content (AvgIpc) is 2.23. The summed E-state index contributed by atoms with van der Waals surface area (Å²) >= 11 is 0. The normalized spacial score (nSPS) is 12.8. The van der Waals surface area contributed by atoms with Crippen molar-refractivity contribution in [1.82, 2.24) is 5.32 Å². The molecule has 0 aromatic carbocycles. The van der Waals surface area contributed by atoms with E-state index in [0.717, 1.165) is 12.3 Å². The zero-order chi connectivity index (χ0) is 12.4. The molecule has 3 heteroatoms. The molecule has 0 fully saturated rings. The molecule has 0 saturated heterocycles. The van der Waals surface area contributed by atoms with Crippen molar-refractivity contribution in [3.8, 4) is 0 Å². The lowest BCUT2D eigenvalue weighted by molar-refractivity contribution is -0.121. The van der Waals surface area contributed by atoms with Gasteiger partial charge in [-0.05, 0) is 18.3 Å². The van der Waals surface area contributed by atoms with Crippen LogP contribution in [0.3, 0.4) is 0 Å². The van der Waals surface area contributed by atoms with Gasteiger partial charge in [-0.25, -0.2) is 0 Å². The molecule has 0 aliphatic heterocycles. The van der Waals surface area contributed by atoms with Gasteiger partial charge in [0, 0.05) is 19.5 Å². The van der Waals surface area contributed by atoms with E-state index in [1.807, 2.05) is 0 Å². The quantitative estimate of drug-likeness (QED) is 0.636. The van der Waals surface area contributed by atoms with Gasteiger partial charge < -0.3 is 11.1 Å². The van der Waals surface area contributed by atoms with Crippen LogP contribution >= 0.6 is 0 Å². The Morgan fingerprint density at radius 1 is 1.19 bits per heavy atom. The first-order valence-electron chi connectivity index (χ1n) is 6.53. The predicted octanol–water partition coefficient (Wildman–Crippen LogP) is 2.30. The van der Waals surface area contributed by atoms with E-state index in [4.69, 9.17) is 5.73 Å². The molecule has 0 aromatic heterocycles. The molecule has 1 amide bonds. The highest BCUT2D eigenvalue weighted by atomic mass is 16.1. The summed E-state index contributed by atoms with van der Waals surface area (Å²) in [4.78, 5) is 11.3. The molecule has 0 radical (unpaired) electrons.